The molecule has 0 aliphatic carbocycles. The number of hydrogen-bond acceptors (Lipinski definition) is 7. The van der Waals surface area contributed by atoms with E-state index in [2.05, 4.69) is 0 Å². The van der Waals surface area contributed by atoms with Crippen molar-refractivity contribution in [1.82, 2.24) is 0 Å². The summed E-state index contributed by atoms with van der Waals surface area (Å²) in [4.78, 5) is 0.147. The highest BCUT2D eigenvalue weighted by molar-refractivity contribution is 7.86. The van der Waals surface area contributed by atoms with Crippen LogP contribution in [0.3, 0.4) is 0 Å². The highest BCUT2D eigenvalue weighted by Gasteiger charge is 2.14. The van der Waals surface area contributed by atoms with Crippen LogP contribution in [0, 0.1) is 6.92 Å². The zero-order valence-corrected chi connectivity index (χ0v) is 16.0. The molecule has 1 fully saturated rings. The van der Waals surface area contributed by atoms with Crippen molar-refractivity contribution in [3.05, 3.63) is 29.8 Å². The van der Waals surface area contributed by atoms with Crippen LogP contribution >= 0.6 is 0 Å². The first-order valence-electron chi connectivity index (χ1n) is 8.93. The fraction of sp³-hybridized carbons (Fsp3) is 0.667. The molecule has 0 N–H and O–H groups in total. The third-order valence-corrected chi connectivity index (χ3v) is 5.14. The van der Waals surface area contributed by atoms with Crippen molar-refractivity contribution >= 4 is 10.1 Å². The van der Waals surface area contributed by atoms with Gasteiger partial charge in [0.1, 0.15) is 0 Å². The van der Waals surface area contributed by atoms with E-state index < -0.39 is 10.1 Å². The summed E-state index contributed by atoms with van der Waals surface area (Å²) in [5.41, 5.74) is 0.990. The lowest BCUT2D eigenvalue weighted by molar-refractivity contribution is -0.169. The zero-order chi connectivity index (χ0) is 18.7. The molecule has 1 heterocycles. The van der Waals surface area contributed by atoms with Gasteiger partial charge in [-0.1, -0.05) is 17.7 Å². The molecule has 1 unspecified atom stereocenters. The molecule has 2 rings (SSSR count). The summed E-state index contributed by atoms with van der Waals surface area (Å²) < 4.78 is 50.5. The second kappa shape index (κ2) is 11.6. The first kappa shape index (κ1) is 21.3. The van der Waals surface area contributed by atoms with Crippen LogP contribution in [0.4, 0.5) is 0 Å². The molecule has 1 atom stereocenters. The molecule has 1 aromatic carbocycles. The van der Waals surface area contributed by atoms with Gasteiger partial charge in [0.25, 0.3) is 10.1 Å². The van der Waals surface area contributed by atoms with E-state index in [1.165, 1.54) is 12.1 Å². The van der Waals surface area contributed by atoms with Crippen LogP contribution in [-0.4, -0.2) is 61.0 Å². The Hall–Kier alpha value is -1.03. The SMILES string of the molecule is Cc1ccc(S(=O)(=O)OCCOCCOCCOC2CCCCO2)cc1. The van der Waals surface area contributed by atoms with E-state index in [4.69, 9.17) is 23.1 Å². The Bertz CT molecular complexity index is 594. The lowest BCUT2D eigenvalue weighted by atomic mass is 10.2. The van der Waals surface area contributed by atoms with E-state index in [-0.39, 0.29) is 24.4 Å². The van der Waals surface area contributed by atoms with Crippen molar-refractivity contribution in [3.8, 4) is 0 Å². The van der Waals surface area contributed by atoms with Crippen LogP contribution in [-0.2, 0) is 33.2 Å². The van der Waals surface area contributed by atoms with Crippen molar-refractivity contribution in [2.45, 2.75) is 37.4 Å². The third-order valence-electron chi connectivity index (χ3n) is 3.82. The standard InChI is InChI=1S/C18H28O7S/c1-16-5-7-17(8-6-16)26(19,20)25-15-13-22-11-10-21-12-14-24-18-4-2-3-9-23-18/h5-8,18H,2-4,9-15H2,1H3. The monoisotopic (exact) mass is 388 g/mol. The molecule has 1 aromatic rings. The Morgan fingerprint density at radius 3 is 2.27 bits per heavy atom. The Labute approximate surface area is 155 Å². The second-order valence-corrected chi connectivity index (χ2v) is 7.60. The maximum absolute atomic E-state index is 12.0. The molecule has 7 nitrogen and oxygen atoms in total. The maximum atomic E-state index is 12.0. The Kier molecular flexibility index (Phi) is 9.52. The molecule has 0 saturated carbocycles. The summed E-state index contributed by atoms with van der Waals surface area (Å²) in [7, 11) is -3.73. The van der Waals surface area contributed by atoms with Gasteiger partial charge in [0.2, 0.25) is 0 Å². The minimum atomic E-state index is -3.73. The molecular weight excluding hydrogens is 360 g/mol. The van der Waals surface area contributed by atoms with Crippen LogP contribution in [0.5, 0.6) is 0 Å². The molecule has 8 heteroatoms. The molecule has 0 radical (unpaired) electrons. The molecule has 0 amide bonds. The number of benzene rings is 1. The molecule has 1 aliphatic rings. The highest BCUT2D eigenvalue weighted by Crippen LogP contribution is 2.14. The normalized spacial score (nSPS) is 18.1. The van der Waals surface area contributed by atoms with Gasteiger partial charge in [-0.2, -0.15) is 8.42 Å². The number of aryl methyl sites for hydroxylation is 1. The van der Waals surface area contributed by atoms with E-state index in [1.807, 2.05) is 6.92 Å². The van der Waals surface area contributed by atoms with Gasteiger partial charge in [-0.3, -0.25) is 4.18 Å². The summed E-state index contributed by atoms with van der Waals surface area (Å²) in [5, 5.41) is 0. The van der Waals surface area contributed by atoms with Gasteiger partial charge in [0, 0.05) is 6.61 Å². The number of ether oxygens (including phenoxy) is 4. The number of hydrogen-bond donors (Lipinski definition) is 0. The molecular formula is C18H28O7S. The van der Waals surface area contributed by atoms with Gasteiger partial charge in [-0.25, -0.2) is 0 Å². The first-order chi connectivity index (χ1) is 12.6. The van der Waals surface area contributed by atoms with Crippen LogP contribution in [0.1, 0.15) is 24.8 Å². The van der Waals surface area contributed by atoms with E-state index >= 15 is 0 Å². The van der Waals surface area contributed by atoms with Crippen molar-refractivity contribution in [2.75, 3.05) is 46.2 Å². The van der Waals surface area contributed by atoms with Gasteiger partial charge in [0.15, 0.2) is 6.29 Å². The zero-order valence-electron chi connectivity index (χ0n) is 15.2. The van der Waals surface area contributed by atoms with Crippen molar-refractivity contribution in [2.24, 2.45) is 0 Å². The van der Waals surface area contributed by atoms with E-state index in [9.17, 15) is 8.42 Å². The molecule has 0 aromatic heterocycles. The third kappa shape index (κ3) is 8.11. The molecule has 0 bridgehead atoms. The van der Waals surface area contributed by atoms with Gasteiger partial charge in [-0.15, -0.1) is 0 Å². The Morgan fingerprint density at radius 1 is 0.962 bits per heavy atom. The van der Waals surface area contributed by atoms with Crippen molar-refractivity contribution in [3.63, 3.8) is 0 Å². The van der Waals surface area contributed by atoms with Gasteiger partial charge in [0.05, 0.1) is 44.5 Å². The summed E-state index contributed by atoms with van der Waals surface area (Å²) in [6.07, 6.45) is 3.08. The van der Waals surface area contributed by atoms with Crippen LogP contribution in [0.15, 0.2) is 29.2 Å². The summed E-state index contributed by atoms with van der Waals surface area (Å²) in [5.74, 6) is 0. The highest BCUT2D eigenvalue weighted by atomic mass is 32.2. The molecule has 1 aliphatic heterocycles. The minimum absolute atomic E-state index is 0.0294. The average Bonchev–Trinajstić information content (AvgIpc) is 2.64. The van der Waals surface area contributed by atoms with Crippen LogP contribution in [0.25, 0.3) is 0 Å². The molecule has 26 heavy (non-hydrogen) atoms. The topological polar surface area (TPSA) is 80.3 Å². The Morgan fingerprint density at radius 2 is 1.62 bits per heavy atom. The predicted molar refractivity (Wildman–Crippen MR) is 95.5 cm³/mol. The second-order valence-electron chi connectivity index (χ2n) is 5.98. The van der Waals surface area contributed by atoms with E-state index in [0.29, 0.717) is 26.4 Å². The fourth-order valence-electron chi connectivity index (χ4n) is 2.38. The number of rotatable bonds is 12. The van der Waals surface area contributed by atoms with Crippen LogP contribution < -0.4 is 0 Å². The lowest BCUT2D eigenvalue weighted by Gasteiger charge is -2.22. The largest absolute Gasteiger partial charge is 0.377 e. The van der Waals surface area contributed by atoms with Gasteiger partial charge >= 0.3 is 0 Å². The minimum Gasteiger partial charge on any atom is -0.377 e. The molecule has 148 valence electrons. The first-order valence-corrected chi connectivity index (χ1v) is 10.3. The fourth-order valence-corrected chi connectivity index (χ4v) is 3.27. The van der Waals surface area contributed by atoms with Crippen molar-refractivity contribution in [1.29, 1.82) is 0 Å². The van der Waals surface area contributed by atoms with Gasteiger partial charge in [-0.05, 0) is 38.3 Å². The Balaban J connectivity index is 1.44. The van der Waals surface area contributed by atoms with E-state index in [1.54, 1.807) is 12.1 Å². The summed E-state index contributed by atoms with van der Waals surface area (Å²) >= 11 is 0. The van der Waals surface area contributed by atoms with E-state index in [0.717, 1.165) is 31.4 Å². The summed E-state index contributed by atoms with van der Waals surface area (Å²) in [6.45, 7) is 4.56. The van der Waals surface area contributed by atoms with Gasteiger partial charge < -0.3 is 18.9 Å². The smallest absolute Gasteiger partial charge is 0.297 e. The average molecular weight is 388 g/mol. The quantitative estimate of drug-likeness (QED) is 0.401. The van der Waals surface area contributed by atoms with Crippen LogP contribution in [0.2, 0.25) is 0 Å². The summed E-state index contributed by atoms with van der Waals surface area (Å²) in [6, 6.07) is 6.52. The van der Waals surface area contributed by atoms with Crippen molar-refractivity contribution < 1.29 is 31.5 Å². The molecule has 1 saturated heterocycles. The predicted octanol–water partition coefficient (Wildman–Crippen LogP) is 2.28. The molecule has 0 spiro atoms. The maximum Gasteiger partial charge on any atom is 0.297 e. The lowest BCUT2D eigenvalue weighted by Crippen LogP contribution is -2.24.